The van der Waals surface area contributed by atoms with Gasteiger partial charge in [0, 0.05) is 14.6 Å². The molecule has 0 atom stereocenters. The van der Waals surface area contributed by atoms with Gasteiger partial charge in [0.1, 0.15) is 0 Å². The summed E-state index contributed by atoms with van der Waals surface area (Å²) in [7, 11) is 0. The van der Waals surface area contributed by atoms with E-state index in [0.29, 0.717) is 11.2 Å². The smallest absolute Gasteiger partial charge is 0.0189 e. The molecule has 0 aliphatic heterocycles. The second-order valence-corrected chi connectivity index (χ2v) is 6.61. The number of hydrogen-bond donors (Lipinski definition) is 0. The van der Waals surface area contributed by atoms with Crippen LogP contribution in [-0.2, 0) is 0 Å². The fraction of sp³-hybridized carbons (Fsp3) is 0.500. The monoisotopic (exact) mass is 272 g/mol. The van der Waals surface area contributed by atoms with E-state index >= 15 is 0 Å². The highest BCUT2D eigenvalue weighted by Gasteiger charge is 2.05. The van der Waals surface area contributed by atoms with Gasteiger partial charge in [0.05, 0.1) is 0 Å². The first-order valence-electron chi connectivity index (χ1n) is 4.96. The van der Waals surface area contributed by atoms with Gasteiger partial charge in [-0.3, -0.25) is 0 Å². The van der Waals surface area contributed by atoms with Gasteiger partial charge in [0.25, 0.3) is 0 Å². The number of halogens is 1. The van der Waals surface area contributed by atoms with Gasteiger partial charge >= 0.3 is 0 Å². The van der Waals surface area contributed by atoms with E-state index in [0.717, 1.165) is 0 Å². The number of rotatable bonds is 3. The minimum absolute atomic E-state index is 0.596. The van der Waals surface area contributed by atoms with Crippen molar-refractivity contribution in [3.63, 3.8) is 0 Å². The van der Waals surface area contributed by atoms with E-state index in [9.17, 15) is 0 Å². The number of thioether (sulfide) groups is 1. The van der Waals surface area contributed by atoms with Gasteiger partial charge in [-0.1, -0.05) is 43.6 Å². The van der Waals surface area contributed by atoms with Crippen LogP contribution in [0.3, 0.4) is 0 Å². The fourth-order valence-electron chi connectivity index (χ4n) is 1.26. The van der Waals surface area contributed by atoms with Crippen LogP contribution in [0.5, 0.6) is 0 Å². The molecule has 2 heteroatoms. The summed E-state index contributed by atoms with van der Waals surface area (Å²) in [4.78, 5) is 1.36. The van der Waals surface area contributed by atoms with E-state index in [4.69, 9.17) is 0 Å². The van der Waals surface area contributed by atoms with Gasteiger partial charge in [-0.2, -0.15) is 0 Å². The lowest BCUT2D eigenvalue weighted by molar-refractivity contribution is 0.861. The lowest BCUT2D eigenvalue weighted by Crippen LogP contribution is -1.90. The second-order valence-electron chi connectivity index (χ2n) is 4.04. The molecule has 1 aromatic rings. The molecular formula is C12H17BrS. The van der Waals surface area contributed by atoms with Gasteiger partial charge in [0.15, 0.2) is 0 Å². The summed E-state index contributed by atoms with van der Waals surface area (Å²) < 4.78 is 1.19. The predicted octanol–water partition coefficient (Wildman–Crippen LogP) is 5.07. The molecule has 0 spiro atoms. The standard InChI is InChI=1S/C12H17BrS/c1-8(2)10-5-11(13)7-12(6-10)14-9(3)4/h5-9H,1-4H3. The molecule has 1 aromatic carbocycles. The average Bonchev–Trinajstić information content (AvgIpc) is 2.01. The Labute approximate surface area is 99.6 Å². The maximum absolute atomic E-state index is 3.56. The predicted molar refractivity (Wildman–Crippen MR) is 69.2 cm³/mol. The molecule has 0 aromatic heterocycles. The molecule has 0 aliphatic carbocycles. The van der Waals surface area contributed by atoms with Crippen LogP contribution >= 0.6 is 27.7 Å². The first kappa shape index (κ1) is 12.1. The topological polar surface area (TPSA) is 0 Å². The van der Waals surface area contributed by atoms with Crippen molar-refractivity contribution in [3.05, 3.63) is 28.2 Å². The number of benzene rings is 1. The van der Waals surface area contributed by atoms with E-state index in [1.54, 1.807) is 0 Å². The summed E-state index contributed by atoms with van der Waals surface area (Å²) in [5.74, 6) is 0.596. The first-order valence-corrected chi connectivity index (χ1v) is 6.63. The molecule has 0 N–H and O–H groups in total. The van der Waals surface area contributed by atoms with Crippen molar-refractivity contribution in [2.75, 3.05) is 0 Å². The molecule has 0 nitrogen and oxygen atoms in total. The molecule has 0 fully saturated rings. The van der Waals surface area contributed by atoms with Crippen LogP contribution < -0.4 is 0 Å². The zero-order chi connectivity index (χ0) is 10.7. The Morgan fingerprint density at radius 2 is 1.71 bits per heavy atom. The molecule has 1 rings (SSSR count). The zero-order valence-electron chi connectivity index (χ0n) is 9.17. The van der Waals surface area contributed by atoms with Gasteiger partial charge in [0.2, 0.25) is 0 Å². The Kier molecular flexibility index (Phi) is 4.52. The van der Waals surface area contributed by atoms with Crippen LogP contribution in [0.4, 0.5) is 0 Å². The average molecular weight is 273 g/mol. The third kappa shape index (κ3) is 3.66. The molecule has 0 aliphatic rings. The van der Waals surface area contributed by atoms with Gasteiger partial charge < -0.3 is 0 Å². The third-order valence-electron chi connectivity index (χ3n) is 1.93. The van der Waals surface area contributed by atoms with Crippen molar-refractivity contribution in [1.82, 2.24) is 0 Å². The Morgan fingerprint density at radius 3 is 2.21 bits per heavy atom. The Hall–Kier alpha value is 0.0500. The van der Waals surface area contributed by atoms with Crippen LogP contribution in [0.2, 0.25) is 0 Å². The third-order valence-corrected chi connectivity index (χ3v) is 3.37. The Balaban J connectivity index is 2.95. The summed E-state index contributed by atoms with van der Waals surface area (Å²) >= 11 is 5.47. The van der Waals surface area contributed by atoms with Crippen LogP contribution in [0.15, 0.2) is 27.6 Å². The largest absolute Gasteiger partial charge is 0.123 e. The molecular weight excluding hydrogens is 256 g/mol. The molecule has 14 heavy (non-hydrogen) atoms. The molecule has 0 unspecified atom stereocenters. The van der Waals surface area contributed by atoms with E-state index in [-0.39, 0.29) is 0 Å². The van der Waals surface area contributed by atoms with E-state index in [1.807, 2.05) is 11.8 Å². The molecule has 0 amide bonds. The minimum atomic E-state index is 0.596. The second kappa shape index (κ2) is 5.22. The molecule has 0 saturated carbocycles. The van der Waals surface area contributed by atoms with E-state index in [2.05, 4.69) is 61.8 Å². The molecule has 0 saturated heterocycles. The highest BCUT2D eigenvalue weighted by Crippen LogP contribution is 2.29. The quantitative estimate of drug-likeness (QED) is 0.692. The van der Waals surface area contributed by atoms with Crippen molar-refractivity contribution in [3.8, 4) is 0 Å². The van der Waals surface area contributed by atoms with Crippen molar-refractivity contribution in [2.45, 2.75) is 43.8 Å². The van der Waals surface area contributed by atoms with Crippen LogP contribution in [0.25, 0.3) is 0 Å². The van der Waals surface area contributed by atoms with E-state index in [1.165, 1.54) is 14.9 Å². The van der Waals surface area contributed by atoms with Crippen LogP contribution in [-0.4, -0.2) is 5.25 Å². The summed E-state index contributed by atoms with van der Waals surface area (Å²) in [6.45, 7) is 8.90. The van der Waals surface area contributed by atoms with Crippen LogP contribution in [0.1, 0.15) is 39.2 Å². The summed E-state index contributed by atoms with van der Waals surface area (Å²) in [5.41, 5.74) is 1.41. The molecule has 0 heterocycles. The summed E-state index contributed by atoms with van der Waals surface area (Å²) in [5, 5.41) is 0.643. The van der Waals surface area contributed by atoms with Crippen LogP contribution in [0, 0.1) is 0 Å². The van der Waals surface area contributed by atoms with Gasteiger partial charge in [-0.05, 0) is 29.7 Å². The van der Waals surface area contributed by atoms with E-state index < -0.39 is 0 Å². The normalized spacial score (nSPS) is 11.4. The Morgan fingerprint density at radius 1 is 1.07 bits per heavy atom. The first-order chi connectivity index (χ1) is 6.49. The highest BCUT2D eigenvalue weighted by atomic mass is 79.9. The van der Waals surface area contributed by atoms with Crippen molar-refractivity contribution < 1.29 is 0 Å². The van der Waals surface area contributed by atoms with Crippen molar-refractivity contribution in [1.29, 1.82) is 0 Å². The fourth-order valence-corrected chi connectivity index (χ4v) is 2.86. The van der Waals surface area contributed by atoms with Gasteiger partial charge in [-0.25, -0.2) is 0 Å². The molecule has 0 radical (unpaired) electrons. The zero-order valence-corrected chi connectivity index (χ0v) is 11.6. The van der Waals surface area contributed by atoms with Crippen molar-refractivity contribution in [2.24, 2.45) is 0 Å². The highest BCUT2D eigenvalue weighted by molar-refractivity contribution is 9.10. The molecule has 0 bridgehead atoms. The minimum Gasteiger partial charge on any atom is -0.123 e. The Bertz CT molecular complexity index is 305. The molecule has 78 valence electrons. The SMILES string of the molecule is CC(C)Sc1cc(Br)cc(C(C)C)c1. The summed E-state index contributed by atoms with van der Waals surface area (Å²) in [6.07, 6.45) is 0. The van der Waals surface area contributed by atoms with Gasteiger partial charge in [-0.15, -0.1) is 11.8 Å². The lowest BCUT2D eigenvalue weighted by atomic mass is 10.0. The maximum atomic E-state index is 3.56. The lowest BCUT2D eigenvalue weighted by Gasteiger charge is -2.10. The maximum Gasteiger partial charge on any atom is 0.0189 e. The van der Waals surface area contributed by atoms with Crippen molar-refractivity contribution >= 4 is 27.7 Å². The number of hydrogen-bond acceptors (Lipinski definition) is 1. The summed E-state index contributed by atoms with van der Waals surface area (Å²) in [6, 6.07) is 6.69.